The van der Waals surface area contributed by atoms with Crippen LogP contribution in [0.15, 0.2) is 48.1 Å². The van der Waals surface area contributed by atoms with E-state index in [2.05, 4.69) is 6.92 Å². The number of unbranched alkanes of at least 4 members (excludes halogenated alkanes) is 3. The van der Waals surface area contributed by atoms with Crippen LogP contribution in [0.1, 0.15) is 62.7 Å². The molecule has 2 atom stereocenters. The first kappa shape index (κ1) is 21.7. The first-order valence-electron chi connectivity index (χ1n) is 9.97. The molecule has 0 radical (unpaired) electrons. The minimum atomic E-state index is -0.405. The third-order valence-corrected chi connectivity index (χ3v) is 4.65. The summed E-state index contributed by atoms with van der Waals surface area (Å²) in [5.74, 6) is -0.0450. The van der Waals surface area contributed by atoms with Gasteiger partial charge in [0.1, 0.15) is 11.9 Å². The van der Waals surface area contributed by atoms with Crippen molar-refractivity contribution in [2.75, 3.05) is 7.11 Å². The van der Waals surface area contributed by atoms with E-state index in [9.17, 15) is 9.59 Å². The van der Waals surface area contributed by atoms with Crippen molar-refractivity contribution >= 4 is 11.9 Å². The van der Waals surface area contributed by atoms with Gasteiger partial charge in [0.15, 0.2) is 0 Å². The number of benzene rings is 1. The Hall–Kier alpha value is -2.56. The molecule has 0 amide bonds. The number of hydrogen-bond donors (Lipinski definition) is 0. The van der Waals surface area contributed by atoms with Crippen LogP contribution in [-0.2, 0) is 14.3 Å². The Kier molecular flexibility index (Phi) is 8.79. The maximum absolute atomic E-state index is 12.2. The second-order valence-electron chi connectivity index (χ2n) is 6.99. The Balaban J connectivity index is 1.77. The molecule has 5 heteroatoms. The van der Waals surface area contributed by atoms with Crippen molar-refractivity contribution in [3.05, 3.63) is 53.6 Å². The fraction of sp³-hybridized carbons (Fsp3) is 0.478. The van der Waals surface area contributed by atoms with Gasteiger partial charge in [0.05, 0.1) is 24.4 Å². The second kappa shape index (κ2) is 11.3. The normalized spacial score (nSPS) is 16.8. The number of carbonyl (C=O) groups is 2. The summed E-state index contributed by atoms with van der Waals surface area (Å²) in [6.07, 6.45) is 10.6. The van der Waals surface area contributed by atoms with Gasteiger partial charge in [0.25, 0.3) is 0 Å². The highest BCUT2D eigenvalue weighted by Gasteiger charge is 2.19. The zero-order valence-electron chi connectivity index (χ0n) is 17.0. The first-order valence-corrected chi connectivity index (χ1v) is 9.97. The van der Waals surface area contributed by atoms with Crippen LogP contribution in [0.4, 0.5) is 0 Å². The van der Waals surface area contributed by atoms with Crippen molar-refractivity contribution < 1.29 is 23.8 Å². The molecule has 0 N–H and O–H groups in total. The van der Waals surface area contributed by atoms with Crippen LogP contribution in [0.5, 0.6) is 5.75 Å². The number of ether oxygens (including phenoxy) is 3. The molecule has 0 bridgehead atoms. The van der Waals surface area contributed by atoms with Gasteiger partial charge in [-0.05, 0) is 56.2 Å². The van der Waals surface area contributed by atoms with Crippen molar-refractivity contribution in [1.82, 2.24) is 0 Å². The van der Waals surface area contributed by atoms with Gasteiger partial charge in [-0.25, -0.2) is 9.59 Å². The van der Waals surface area contributed by atoms with Crippen molar-refractivity contribution in [2.45, 2.75) is 64.6 Å². The smallest absolute Gasteiger partial charge is 0.338 e. The molecule has 1 aromatic carbocycles. The SMILES string of the molecule is CCCCCCC(C)OC(=O)C1=CCC(OC(=O)c2ccc(OC)cc2)C=C1. The molecule has 0 aliphatic heterocycles. The summed E-state index contributed by atoms with van der Waals surface area (Å²) in [5, 5.41) is 0. The van der Waals surface area contributed by atoms with E-state index in [-0.39, 0.29) is 12.1 Å². The Morgan fingerprint density at radius 1 is 1.11 bits per heavy atom. The van der Waals surface area contributed by atoms with E-state index >= 15 is 0 Å². The monoisotopic (exact) mass is 386 g/mol. The lowest BCUT2D eigenvalue weighted by Crippen LogP contribution is -2.20. The molecule has 1 aliphatic carbocycles. The molecular weight excluding hydrogens is 356 g/mol. The molecule has 0 heterocycles. The topological polar surface area (TPSA) is 61.8 Å². The minimum Gasteiger partial charge on any atom is -0.497 e. The molecule has 0 saturated heterocycles. The minimum absolute atomic E-state index is 0.0933. The van der Waals surface area contributed by atoms with Gasteiger partial charge in [-0.2, -0.15) is 0 Å². The van der Waals surface area contributed by atoms with Crippen LogP contribution >= 0.6 is 0 Å². The molecule has 0 aromatic heterocycles. The largest absolute Gasteiger partial charge is 0.497 e. The van der Waals surface area contributed by atoms with Crippen LogP contribution in [0, 0.1) is 0 Å². The van der Waals surface area contributed by atoms with Gasteiger partial charge >= 0.3 is 11.9 Å². The van der Waals surface area contributed by atoms with Crippen LogP contribution < -0.4 is 4.74 Å². The van der Waals surface area contributed by atoms with Gasteiger partial charge in [0.2, 0.25) is 0 Å². The van der Waals surface area contributed by atoms with Crippen molar-refractivity contribution in [3.63, 3.8) is 0 Å². The van der Waals surface area contributed by atoms with E-state index in [0.717, 1.165) is 12.8 Å². The molecule has 2 unspecified atom stereocenters. The van der Waals surface area contributed by atoms with Crippen molar-refractivity contribution in [2.24, 2.45) is 0 Å². The zero-order valence-corrected chi connectivity index (χ0v) is 17.0. The zero-order chi connectivity index (χ0) is 20.4. The summed E-state index contributed by atoms with van der Waals surface area (Å²) in [6, 6.07) is 6.75. The quantitative estimate of drug-likeness (QED) is 0.418. The molecule has 2 rings (SSSR count). The predicted molar refractivity (Wildman–Crippen MR) is 108 cm³/mol. The van der Waals surface area contributed by atoms with Crippen LogP contribution in [-0.4, -0.2) is 31.3 Å². The fourth-order valence-corrected chi connectivity index (χ4v) is 2.94. The highest BCUT2D eigenvalue weighted by atomic mass is 16.5. The molecule has 1 aromatic rings. The van der Waals surface area contributed by atoms with Crippen LogP contribution in [0.2, 0.25) is 0 Å². The molecule has 28 heavy (non-hydrogen) atoms. The summed E-state index contributed by atoms with van der Waals surface area (Å²) < 4.78 is 16.1. The predicted octanol–water partition coefficient (Wildman–Crippen LogP) is 5.01. The Bertz CT molecular complexity index is 702. The third kappa shape index (κ3) is 6.87. The van der Waals surface area contributed by atoms with Crippen LogP contribution in [0.3, 0.4) is 0 Å². The lowest BCUT2D eigenvalue weighted by molar-refractivity contribution is -0.143. The summed E-state index contributed by atoms with van der Waals surface area (Å²) in [5.41, 5.74) is 0.970. The Morgan fingerprint density at radius 2 is 1.86 bits per heavy atom. The number of rotatable bonds is 10. The number of esters is 2. The van der Waals surface area contributed by atoms with Gasteiger partial charge < -0.3 is 14.2 Å². The van der Waals surface area contributed by atoms with E-state index in [4.69, 9.17) is 14.2 Å². The number of methoxy groups -OCH3 is 1. The second-order valence-corrected chi connectivity index (χ2v) is 6.99. The van der Waals surface area contributed by atoms with E-state index < -0.39 is 12.1 Å². The van der Waals surface area contributed by atoms with Crippen LogP contribution in [0.25, 0.3) is 0 Å². The van der Waals surface area contributed by atoms with Gasteiger partial charge in [-0.1, -0.05) is 32.3 Å². The maximum Gasteiger partial charge on any atom is 0.338 e. The van der Waals surface area contributed by atoms with Crippen molar-refractivity contribution in [1.29, 1.82) is 0 Å². The van der Waals surface area contributed by atoms with Crippen molar-refractivity contribution in [3.8, 4) is 5.75 Å². The van der Waals surface area contributed by atoms with Gasteiger partial charge in [0, 0.05) is 6.42 Å². The summed E-state index contributed by atoms with van der Waals surface area (Å²) in [4.78, 5) is 24.5. The van der Waals surface area contributed by atoms with E-state index in [0.29, 0.717) is 23.3 Å². The summed E-state index contributed by atoms with van der Waals surface area (Å²) >= 11 is 0. The number of carbonyl (C=O) groups excluding carboxylic acids is 2. The highest BCUT2D eigenvalue weighted by molar-refractivity contribution is 5.92. The third-order valence-electron chi connectivity index (χ3n) is 4.65. The summed E-state index contributed by atoms with van der Waals surface area (Å²) in [7, 11) is 1.57. The Labute approximate surface area is 167 Å². The molecule has 0 fully saturated rings. The molecular formula is C23H30O5. The molecule has 152 valence electrons. The molecule has 0 spiro atoms. The Morgan fingerprint density at radius 3 is 2.46 bits per heavy atom. The fourth-order valence-electron chi connectivity index (χ4n) is 2.94. The first-order chi connectivity index (χ1) is 13.5. The number of hydrogen-bond acceptors (Lipinski definition) is 5. The van der Waals surface area contributed by atoms with Gasteiger partial charge in [-0.3, -0.25) is 0 Å². The average molecular weight is 386 g/mol. The molecule has 0 saturated carbocycles. The molecule has 1 aliphatic rings. The standard InChI is InChI=1S/C23H30O5/c1-4-5-6-7-8-17(2)27-22(24)18-11-15-21(16-12-18)28-23(25)19-9-13-20(26-3)14-10-19/h9-15,17,21H,4-8,16H2,1-3H3. The van der Waals surface area contributed by atoms with E-state index in [1.54, 1.807) is 49.6 Å². The van der Waals surface area contributed by atoms with E-state index in [1.807, 2.05) is 6.92 Å². The highest BCUT2D eigenvalue weighted by Crippen LogP contribution is 2.19. The summed E-state index contributed by atoms with van der Waals surface area (Å²) in [6.45, 7) is 4.10. The molecule has 5 nitrogen and oxygen atoms in total. The lowest BCUT2D eigenvalue weighted by atomic mass is 10.0. The van der Waals surface area contributed by atoms with Gasteiger partial charge in [-0.15, -0.1) is 0 Å². The van der Waals surface area contributed by atoms with E-state index in [1.165, 1.54) is 19.3 Å². The lowest BCUT2D eigenvalue weighted by Gasteiger charge is -2.18. The maximum atomic E-state index is 12.2. The average Bonchev–Trinajstić information content (AvgIpc) is 2.71.